The molecule has 27 heavy (non-hydrogen) atoms. The summed E-state index contributed by atoms with van der Waals surface area (Å²) in [6.07, 6.45) is 3.60. The monoisotopic (exact) mass is 369 g/mol. The van der Waals surface area contributed by atoms with Crippen LogP contribution in [0.3, 0.4) is 0 Å². The quantitative estimate of drug-likeness (QED) is 0.374. The number of nitrogens with zero attached hydrogens (tertiary/aromatic N) is 2. The molecule has 0 amide bonds. The molecule has 6 heteroatoms. The first kappa shape index (κ1) is 18.0. The van der Waals surface area contributed by atoms with Crippen molar-refractivity contribution >= 4 is 22.6 Å². The molecule has 2 aliphatic heterocycles. The Morgan fingerprint density at radius 1 is 1.41 bits per heavy atom. The van der Waals surface area contributed by atoms with Crippen LogP contribution in [0.2, 0.25) is 0 Å². The molecule has 0 spiro atoms. The number of benzene rings is 1. The van der Waals surface area contributed by atoms with Gasteiger partial charge in [-0.2, -0.15) is 0 Å². The summed E-state index contributed by atoms with van der Waals surface area (Å²) in [4.78, 5) is 18.2. The molecule has 3 atom stereocenters. The lowest BCUT2D eigenvalue weighted by Crippen LogP contribution is -2.47. The number of aromatic nitrogens is 1. The lowest BCUT2D eigenvalue weighted by molar-refractivity contribution is -0.133. The summed E-state index contributed by atoms with van der Waals surface area (Å²) < 4.78 is 4.80. The highest BCUT2D eigenvalue weighted by Crippen LogP contribution is 2.45. The fraction of sp³-hybridized carbons (Fsp3) is 0.524. The van der Waals surface area contributed by atoms with Crippen LogP contribution >= 0.6 is 0 Å². The zero-order valence-corrected chi connectivity index (χ0v) is 15.9. The summed E-state index contributed by atoms with van der Waals surface area (Å²) in [5.41, 5.74) is 3.95. The van der Waals surface area contributed by atoms with Crippen molar-refractivity contribution in [1.82, 2.24) is 9.88 Å². The van der Waals surface area contributed by atoms with Crippen LogP contribution in [0.1, 0.15) is 43.5 Å². The topological polar surface area (TPSA) is 77.9 Å². The fourth-order valence-corrected chi connectivity index (χ4v) is 5.04. The van der Waals surface area contributed by atoms with E-state index in [9.17, 15) is 10.0 Å². The Morgan fingerprint density at radius 3 is 2.96 bits per heavy atom. The Balaban J connectivity index is 1.73. The first-order valence-corrected chi connectivity index (χ1v) is 9.79. The second-order valence-corrected chi connectivity index (χ2v) is 7.77. The molecule has 0 bridgehead atoms. The average Bonchev–Trinajstić information content (AvgIpc) is 3.09. The number of carbonyl (C=O) groups is 1. The van der Waals surface area contributed by atoms with Gasteiger partial charge in [0.25, 0.3) is 0 Å². The Hall–Kier alpha value is -2.34. The van der Waals surface area contributed by atoms with E-state index in [1.807, 2.05) is 0 Å². The number of methoxy groups -OCH3 is 1. The Bertz CT molecular complexity index is 873. The smallest absolute Gasteiger partial charge is 0.355 e. The number of hydrogen-bond acceptors (Lipinski definition) is 5. The van der Waals surface area contributed by atoms with Gasteiger partial charge in [-0.1, -0.05) is 36.7 Å². The van der Waals surface area contributed by atoms with Gasteiger partial charge in [-0.15, -0.1) is 0 Å². The van der Waals surface area contributed by atoms with Crippen molar-refractivity contribution in [3.8, 4) is 0 Å². The fourth-order valence-electron chi connectivity index (χ4n) is 5.04. The van der Waals surface area contributed by atoms with Gasteiger partial charge in [-0.3, -0.25) is 4.90 Å². The van der Waals surface area contributed by atoms with E-state index in [1.54, 1.807) is 0 Å². The van der Waals surface area contributed by atoms with Crippen molar-refractivity contribution in [3.63, 3.8) is 0 Å². The van der Waals surface area contributed by atoms with E-state index >= 15 is 0 Å². The number of para-hydroxylation sites is 1. The SMILES string of the molecule is CC[C@@H]1C[C@H](C/C(=N/O)C(=O)OC)[C@@H]2c3[nH]c4ccccc4c3CCN2C1. The largest absolute Gasteiger partial charge is 0.464 e. The second kappa shape index (κ2) is 7.35. The van der Waals surface area contributed by atoms with Crippen molar-refractivity contribution in [3.05, 3.63) is 35.5 Å². The summed E-state index contributed by atoms with van der Waals surface area (Å²) in [6.45, 7) is 4.33. The number of fused-ring (bicyclic) bond motifs is 5. The van der Waals surface area contributed by atoms with Crippen molar-refractivity contribution in [2.45, 2.75) is 38.6 Å². The van der Waals surface area contributed by atoms with Crippen molar-refractivity contribution < 1.29 is 14.7 Å². The molecular weight excluding hydrogens is 342 g/mol. The van der Waals surface area contributed by atoms with Crippen molar-refractivity contribution in [1.29, 1.82) is 0 Å². The molecule has 3 heterocycles. The standard InChI is InChI=1S/C21H27N3O3/c1-3-13-10-14(11-18(23-26)21(25)27-2)20-19-16(8-9-24(20)12-13)15-6-4-5-7-17(15)22-19/h4-7,13-14,20,22,26H,3,8-12H2,1-2H3/b23-18-/t13-,14-,20-/m1/s1. The van der Waals surface area contributed by atoms with Crippen LogP contribution in [0.15, 0.2) is 29.4 Å². The van der Waals surface area contributed by atoms with Crippen LogP contribution in [-0.4, -0.2) is 47.0 Å². The molecule has 1 aromatic carbocycles. The highest BCUT2D eigenvalue weighted by Gasteiger charge is 2.42. The van der Waals surface area contributed by atoms with E-state index in [-0.39, 0.29) is 17.7 Å². The zero-order chi connectivity index (χ0) is 19.0. The first-order valence-electron chi connectivity index (χ1n) is 9.79. The third kappa shape index (κ3) is 3.12. The molecule has 0 saturated carbocycles. The maximum absolute atomic E-state index is 12.0. The molecule has 1 aromatic heterocycles. The molecule has 2 aromatic rings. The number of rotatable bonds is 4. The summed E-state index contributed by atoms with van der Waals surface area (Å²) in [5, 5.41) is 13.9. The van der Waals surface area contributed by atoms with Gasteiger partial charge in [0.05, 0.1) is 13.2 Å². The Morgan fingerprint density at radius 2 is 2.22 bits per heavy atom. The molecule has 2 N–H and O–H groups in total. The van der Waals surface area contributed by atoms with Crippen LogP contribution in [0.4, 0.5) is 0 Å². The number of esters is 1. The van der Waals surface area contributed by atoms with Gasteiger partial charge >= 0.3 is 5.97 Å². The van der Waals surface area contributed by atoms with Crippen LogP contribution in [0.25, 0.3) is 10.9 Å². The highest BCUT2D eigenvalue weighted by atomic mass is 16.5. The van der Waals surface area contributed by atoms with Gasteiger partial charge < -0.3 is 14.9 Å². The number of aromatic amines is 1. The molecule has 1 saturated heterocycles. The van der Waals surface area contributed by atoms with Gasteiger partial charge in [0.2, 0.25) is 0 Å². The molecular formula is C21H27N3O3. The van der Waals surface area contributed by atoms with Crippen LogP contribution in [0, 0.1) is 11.8 Å². The zero-order valence-electron chi connectivity index (χ0n) is 15.9. The molecule has 0 aliphatic carbocycles. The minimum atomic E-state index is -0.546. The van der Waals surface area contributed by atoms with Crippen LogP contribution in [-0.2, 0) is 16.0 Å². The third-order valence-electron chi connectivity index (χ3n) is 6.33. The average molecular weight is 369 g/mol. The van der Waals surface area contributed by atoms with Gasteiger partial charge in [-0.25, -0.2) is 4.79 Å². The van der Waals surface area contributed by atoms with Gasteiger partial charge in [0, 0.05) is 36.1 Å². The summed E-state index contributed by atoms with van der Waals surface area (Å²) in [5.74, 6) is 0.255. The van der Waals surface area contributed by atoms with E-state index in [0.717, 1.165) is 32.4 Å². The highest BCUT2D eigenvalue weighted by molar-refractivity contribution is 6.36. The maximum atomic E-state index is 12.0. The van der Waals surface area contributed by atoms with Gasteiger partial charge in [-0.05, 0) is 36.3 Å². The minimum Gasteiger partial charge on any atom is -0.464 e. The lowest BCUT2D eigenvalue weighted by atomic mass is 9.75. The molecule has 6 nitrogen and oxygen atoms in total. The number of carbonyl (C=O) groups excluding carboxylic acids is 1. The van der Waals surface area contributed by atoms with E-state index in [0.29, 0.717) is 12.3 Å². The normalized spacial score (nSPS) is 25.9. The predicted octanol–water partition coefficient (Wildman–Crippen LogP) is 3.51. The summed E-state index contributed by atoms with van der Waals surface area (Å²) in [6, 6.07) is 8.66. The minimum absolute atomic E-state index is 0.113. The maximum Gasteiger partial charge on any atom is 0.355 e. The number of hydrogen-bond donors (Lipinski definition) is 2. The Labute approximate surface area is 159 Å². The number of piperidine rings is 1. The first-order chi connectivity index (χ1) is 13.2. The number of ether oxygens (including phenoxy) is 1. The number of oxime groups is 1. The summed E-state index contributed by atoms with van der Waals surface area (Å²) >= 11 is 0. The second-order valence-electron chi connectivity index (χ2n) is 7.77. The molecule has 1 fully saturated rings. The molecule has 0 radical (unpaired) electrons. The van der Waals surface area contributed by atoms with Crippen LogP contribution < -0.4 is 0 Å². The lowest BCUT2D eigenvalue weighted by Gasteiger charge is -2.47. The number of nitrogens with one attached hydrogen (secondary N) is 1. The molecule has 144 valence electrons. The molecule has 0 unspecified atom stereocenters. The van der Waals surface area contributed by atoms with E-state index in [1.165, 1.54) is 29.3 Å². The Kier molecular flexibility index (Phi) is 4.91. The predicted molar refractivity (Wildman–Crippen MR) is 104 cm³/mol. The van der Waals surface area contributed by atoms with Crippen LogP contribution in [0.5, 0.6) is 0 Å². The van der Waals surface area contributed by atoms with E-state index < -0.39 is 5.97 Å². The van der Waals surface area contributed by atoms with Gasteiger partial charge in [0.1, 0.15) is 0 Å². The van der Waals surface area contributed by atoms with Crippen molar-refractivity contribution in [2.75, 3.05) is 20.2 Å². The third-order valence-corrected chi connectivity index (χ3v) is 6.33. The molecule has 4 rings (SSSR count). The van der Waals surface area contributed by atoms with E-state index in [2.05, 4.69) is 46.2 Å². The number of H-pyrrole nitrogens is 1. The van der Waals surface area contributed by atoms with Gasteiger partial charge in [0.15, 0.2) is 5.71 Å². The summed E-state index contributed by atoms with van der Waals surface area (Å²) in [7, 11) is 1.33. The van der Waals surface area contributed by atoms with E-state index in [4.69, 9.17) is 4.74 Å². The van der Waals surface area contributed by atoms with Crippen molar-refractivity contribution in [2.24, 2.45) is 17.0 Å². The molecule has 2 aliphatic rings.